The molecule has 9 heteroatoms. The fourth-order valence-electron chi connectivity index (χ4n) is 2.95. The summed E-state index contributed by atoms with van der Waals surface area (Å²) < 4.78 is 36.3. The Morgan fingerprint density at radius 3 is 2.17 bits per heavy atom. The zero-order chi connectivity index (χ0) is 21.8. The smallest absolute Gasteiger partial charge is 0.254 e. The van der Waals surface area contributed by atoms with Gasteiger partial charge in [0.15, 0.2) is 11.5 Å². The molecular weight excluding hydrogens is 416 g/mol. The number of halogens is 1. The summed E-state index contributed by atoms with van der Waals surface area (Å²) in [5.74, 6) is 0.211. The normalized spacial score (nSPS) is 12.2. The third kappa shape index (κ3) is 5.33. The quantitative estimate of drug-likeness (QED) is 0.677. The molecule has 0 fully saturated rings. The van der Waals surface area contributed by atoms with Gasteiger partial charge in [-0.05, 0) is 37.6 Å². The lowest BCUT2D eigenvalue weighted by molar-refractivity contribution is 0.0940. The third-order valence-corrected chi connectivity index (χ3v) is 5.93. The molecule has 0 unspecified atom stereocenters. The summed E-state index contributed by atoms with van der Waals surface area (Å²) in [7, 11) is -0.718. The number of hydrogen-bond donors (Lipinski definition) is 1. The van der Waals surface area contributed by atoms with Gasteiger partial charge in [0.2, 0.25) is 10.0 Å². The summed E-state index contributed by atoms with van der Waals surface area (Å²) >= 11 is 5.92. The van der Waals surface area contributed by atoms with E-state index in [1.807, 2.05) is 19.1 Å². The van der Waals surface area contributed by atoms with Gasteiger partial charge in [-0.3, -0.25) is 9.10 Å². The number of ether oxygens (including phenoxy) is 2. The van der Waals surface area contributed by atoms with Gasteiger partial charge in [-0.25, -0.2) is 8.42 Å². The van der Waals surface area contributed by atoms with Crippen LogP contribution in [-0.4, -0.2) is 41.3 Å². The molecule has 0 aliphatic rings. The van der Waals surface area contributed by atoms with Crippen LogP contribution in [0.4, 0.5) is 5.69 Å². The number of anilines is 1. The van der Waals surface area contributed by atoms with Crippen molar-refractivity contribution in [3.05, 3.63) is 52.5 Å². The Morgan fingerprint density at radius 1 is 1.14 bits per heavy atom. The van der Waals surface area contributed by atoms with Gasteiger partial charge in [0.1, 0.15) is 0 Å². The van der Waals surface area contributed by atoms with Crippen LogP contribution in [0.3, 0.4) is 0 Å². The van der Waals surface area contributed by atoms with E-state index in [1.54, 1.807) is 19.1 Å². The van der Waals surface area contributed by atoms with Crippen LogP contribution in [0.25, 0.3) is 0 Å². The fraction of sp³-hybridized carbons (Fsp3) is 0.350. The molecule has 0 spiro atoms. The summed E-state index contributed by atoms with van der Waals surface area (Å²) in [4.78, 5) is 13.1. The minimum atomic E-state index is -3.61. The SMILES string of the molecule is CCN(c1cc(OC)c(OC)cc1C(=O)N[C@H](C)c1ccc(Cl)cc1)S(C)(=O)=O. The predicted octanol–water partition coefficient (Wildman–Crippen LogP) is 3.63. The van der Waals surface area contributed by atoms with Crippen molar-refractivity contribution in [3.63, 3.8) is 0 Å². The Labute approximate surface area is 176 Å². The van der Waals surface area contributed by atoms with E-state index in [0.29, 0.717) is 16.5 Å². The largest absolute Gasteiger partial charge is 0.493 e. The molecular formula is C20H25ClN2O5S. The Hall–Kier alpha value is -2.45. The average molecular weight is 441 g/mol. The van der Waals surface area contributed by atoms with Crippen molar-refractivity contribution in [1.82, 2.24) is 5.32 Å². The number of rotatable bonds is 8. The maximum atomic E-state index is 13.1. The molecule has 1 amide bonds. The van der Waals surface area contributed by atoms with Crippen LogP contribution in [0.1, 0.15) is 35.8 Å². The van der Waals surface area contributed by atoms with Crippen LogP contribution in [0.15, 0.2) is 36.4 Å². The van der Waals surface area contributed by atoms with Crippen molar-refractivity contribution in [2.75, 3.05) is 31.3 Å². The molecule has 1 N–H and O–H groups in total. The van der Waals surface area contributed by atoms with E-state index in [9.17, 15) is 13.2 Å². The number of hydrogen-bond acceptors (Lipinski definition) is 5. The standard InChI is InChI=1S/C20H25ClN2O5S/c1-6-23(29(5,25)26)17-12-19(28-4)18(27-3)11-16(17)20(24)22-13(2)14-7-9-15(21)10-8-14/h7-13H,6H2,1-5H3,(H,22,24)/t13-/m1/s1. The third-order valence-electron chi connectivity index (χ3n) is 4.42. The Balaban J connectivity index is 2.50. The minimum absolute atomic E-state index is 0.154. The van der Waals surface area contributed by atoms with Gasteiger partial charge in [0, 0.05) is 17.6 Å². The predicted molar refractivity (Wildman–Crippen MR) is 115 cm³/mol. The molecule has 2 aromatic carbocycles. The van der Waals surface area contributed by atoms with E-state index in [1.165, 1.54) is 26.4 Å². The molecule has 0 saturated heterocycles. The molecule has 0 bridgehead atoms. The van der Waals surface area contributed by atoms with E-state index in [-0.39, 0.29) is 23.8 Å². The maximum absolute atomic E-state index is 13.1. The van der Waals surface area contributed by atoms with E-state index in [0.717, 1.165) is 16.1 Å². The lowest BCUT2D eigenvalue weighted by atomic mass is 10.1. The number of carbonyl (C=O) groups excluding carboxylic acids is 1. The lowest BCUT2D eigenvalue weighted by Gasteiger charge is -2.25. The van der Waals surface area contributed by atoms with Crippen molar-refractivity contribution >= 4 is 33.2 Å². The molecule has 2 aromatic rings. The van der Waals surface area contributed by atoms with Gasteiger partial charge in [0.05, 0.1) is 37.8 Å². The number of nitrogens with zero attached hydrogens (tertiary/aromatic N) is 1. The number of benzene rings is 2. The lowest BCUT2D eigenvalue weighted by Crippen LogP contribution is -2.33. The molecule has 158 valence electrons. The van der Waals surface area contributed by atoms with Crippen molar-refractivity contribution in [3.8, 4) is 11.5 Å². The number of nitrogens with one attached hydrogen (secondary N) is 1. The van der Waals surface area contributed by atoms with Gasteiger partial charge < -0.3 is 14.8 Å². The average Bonchev–Trinajstić information content (AvgIpc) is 2.67. The summed E-state index contributed by atoms with van der Waals surface area (Å²) in [6.45, 7) is 3.67. The van der Waals surface area contributed by atoms with E-state index < -0.39 is 15.9 Å². The first kappa shape index (κ1) is 22.8. The Bertz CT molecular complexity index is 977. The van der Waals surface area contributed by atoms with Gasteiger partial charge in [-0.15, -0.1) is 0 Å². The first-order valence-electron chi connectivity index (χ1n) is 8.92. The molecule has 2 rings (SSSR count). The molecule has 29 heavy (non-hydrogen) atoms. The highest BCUT2D eigenvalue weighted by Crippen LogP contribution is 2.36. The first-order chi connectivity index (χ1) is 13.6. The number of sulfonamides is 1. The highest BCUT2D eigenvalue weighted by Gasteiger charge is 2.26. The summed E-state index contributed by atoms with van der Waals surface area (Å²) in [5, 5.41) is 3.49. The van der Waals surface area contributed by atoms with E-state index in [2.05, 4.69) is 5.32 Å². The second-order valence-electron chi connectivity index (χ2n) is 6.40. The molecule has 0 heterocycles. The molecule has 0 radical (unpaired) electrons. The van der Waals surface area contributed by atoms with E-state index >= 15 is 0 Å². The van der Waals surface area contributed by atoms with Crippen LogP contribution < -0.4 is 19.1 Å². The van der Waals surface area contributed by atoms with Crippen LogP contribution >= 0.6 is 11.6 Å². The van der Waals surface area contributed by atoms with Crippen molar-refractivity contribution in [2.24, 2.45) is 0 Å². The highest BCUT2D eigenvalue weighted by atomic mass is 35.5. The first-order valence-corrected chi connectivity index (χ1v) is 11.1. The van der Waals surface area contributed by atoms with Crippen LogP contribution in [0.5, 0.6) is 11.5 Å². The molecule has 0 aromatic heterocycles. The van der Waals surface area contributed by atoms with Gasteiger partial charge >= 0.3 is 0 Å². The number of methoxy groups -OCH3 is 2. The summed E-state index contributed by atoms with van der Waals surface area (Å²) in [6, 6.07) is 9.76. The monoisotopic (exact) mass is 440 g/mol. The second-order valence-corrected chi connectivity index (χ2v) is 8.74. The van der Waals surface area contributed by atoms with Crippen LogP contribution in [0.2, 0.25) is 5.02 Å². The fourth-order valence-corrected chi connectivity index (χ4v) is 4.05. The zero-order valence-electron chi connectivity index (χ0n) is 17.0. The summed E-state index contributed by atoms with van der Waals surface area (Å²) in [5.41, 5.74) is 1.24. The zero-order valence-corrected chi connectivity index (χ0v) is 18.6. The highest BCUT2D eigenvalue weighted by molar-refractivity contribution is 7.92. The second kappa shape index (κ2) is 9.37. The van der Waals surface area contributed by atoms with Crippen molar-refractivity contribution in [2.45, 2.75) is 19.9 Å². The van der Waals surface area contributed by atoms with Crippen LogP contribution in [-0.2, 0) is 10.0 Å². The molecule has 0 aliphatic carbocycles. The van der Waals surface area contributed by atoms with Crippen molar-refractivity contribution < 1.29 is 22.7 Å². The van der Waals surface area contributed by atoms with Crippen LogP contribution in [0, 0.1) is 0 Å². The number of amides is 1. The minimum Gasteiger partial charge on any atom is -0.493 e. The van der Waals surface area contributed by atoms with Gasteiger partial charge in [-0.1, -0.05) is 23.7 Å². The summed E-state index contributed by atoms with van der Waals surface area (Å²) in [6.07, 6.45) is 1.09. The molecule has 0 aliphatic heterocycles. The molecule has 1 atom stereocenters. The maximum Gasteiger partial charge on any atom is 0.254 e. The molecule has 7 nitrogen and oxygen atoms in total. The number of carbonyl (C=O) groups is 1. The van der Waals surface area contributed by atoms with Gasteiger partial charge in [-0.2, -0.15) is 0 Å². The topological polar surface area (TPSA) is 84.9 Å². The Kier molecular flexibility index (Phi) is 7.37. The van der Waals surface area contributed by atoms with E-state index in [4.69, 9.17) is 21.1 Å². The Morgan fingerprint density at radius 2 is 1.69 bits per heavy atom. The van der Waals surface area contributed by atoms with Gasteiger partial charge in [0.25, 0.3) is 5.91 Å². The van der Waals surface area contributed by atoms with Crippen molar-refractivity contribution in [1.29, 1.82) is 0 Å². The molecule has 0 saturated carbocycles.